The van der Waals surface area contributed by atoms with Gasteiger partial charge in [0.2, 0.25) is 0 Å². The van der Waals surface area contributed by atoms with E-state index in [-0.39, 0.29) is 11.9 Å². The van der Waals surface area contributed by atoms with Gasteiger partial charge in [-0.2, -0.15) is 0 Å². The van der Waals surface area contributed by atoms with Crippen LogP contribution in [0.25, 0.3) is 0 Å². The van der Waals surface area contributed by atoms with Crippen LogP contribution in [0, 0.1) is 5.82 Å². The highest BCUT2D eigenvalue weighted by molar-refractivity contribution is 7.80. The van der Waals surface area contributed by atoms with Crippen molar-refractivity contribution in [3.8, 4) is 5.75 Å². The number of thiocarbonyl (C=S) groups is 1. The molecule has 2 N–H and O–H groups in total. The Morgan fingerprint density at radius 3 is 3.15 bits per heavy atom. The molecule has 6 heteroatoms. The van der Waals surface area contributed by atoms with Crippen LogP contribution in [-0.2, 0) is 6.42 Å². The van der Waals surface area contributed by atoms with Crippen LogP contribution in [0.1, 0.15) is 12.0 Å². The second-order valence-corrected chi connectivity index (χ2v) is 5.20. The summed E-state index contributed by atoms with van der Waals surface area (Å²) >= 11 is 5.27. The molecule has 105 valence electrons. The molecule has 0 aromatic heterocycles. The molecule has 2 aliphatic heterocycles. The molecule has 1 atom stereocenters. The molecular weight excluding hydrogens is 277 g/mol. The maximum Gasteiger partial charge on any atom is 0.200 e. The summed E-state index contributed by atoms with van der Waals surface area (Å²) in [4.78, 5) is 1.98. The molecule has 0 fully saturated rings. The minimum Gasteiger partial charge on any atom is -0.488 e. The van der Waals surface area contributed by atoms with Gasteiger partial charge >= 0.3 is 0 Å². The highest BCUT2D eigenvalue weighted by Crippen LogP contribution is 2.31. The third-order valence-electron chi connectivity index (χ3n) is 3.53. The van der Waals surface area contributed by atoms with E-state index in [1.54, 1.807) is 12.3 Å². The van der Waals surface area contributed by atoms with Crippen molar-refractivity contribution in [2.45, 2.75) is 18.9 Å². The SMILES string of the molecule is NCCC1=C[N]C(=S)N1[C@H]1COc2c(F)cccc2C1. The molecule has 1 aromatic carbocycles. The number of halogens is 1. The Morgan fingerprint density at radius 2 is 2.35 bits per heavy atom. The van der Waals surface area contributed by atoms with Crippen molar-refractivity contribution < 1.29 is 9.13 Å². The molecule has 4 nitrogen and oxygen atoms in total. The lowest BCUT2D eigenvalue weighted by Gasteiger charge is -2.34. The molecule has 0 saturated carbocycles. The minimum absolute atomic E-state index is 0.0425. The Kier molecular flexibility index (Phi) is 3.58. The Labute approximate surface area is 122 Å². The molecule has 0 aliphatic carbocycles. The minimum atomic E-state index is -0.313. The number of benzene rings is 1. The number of ether oxygens (including phenoxy) is 1. The first kappa shape index (κ1) is 13.3. The number of nitrogens with two attached hydrogens (primary N) is 1. The van der Waals surface area contributed by atoms with Gasteiger partial charge in [-0.1, -0.05) is 12.1 Å². The van der Waals surface area contributed by atoms with E-state index in [2.05, 4.69) is 5.32 Å². The average molecular weight is 292 g/mol. The third kappa shape index (κ3) is 2.25. The summed E-state index contributed by atoms with van der Waals surface area (Å²) in [6.45, 7) is 0.935. The second kappa shape index (κ2) is 5.38. The van der Waals surface area contributed by atoms with E-state index in [1.165, 1.54) is 6.07 Å². The van der Waals surface area contributed by atoms with E-state index in [4.69, 9.17) is 22.7 Å². The second-order valence-electron chi connectivity index (χ2n) is 4.84. The maximum atomic E-state index is 13.6. The van der Waals surface area contributed by atoms with Gasteiger partial charge in [0.05, 0.1) is 6.04 Å². The van der Waals surface area contributed by atoms with Crippen molar-refractivity contribution in [3.05, 3.63) is 41.5 Å². The van der Waals surface area contributed by atoms with Crippen molar-refractivity contribution in [2.24, 2.45) is 5.73 Å². The smallest absolute Gasteiger partial charge is 0.200 e. The van der Waals surface area contributed by atoms with Crippen LogP contribution in [0.15, 0.2) is 30.1 Å². The Bertz CT molecular complexity index is 576. The van der Waals surface area contributed by atoms with Crippen LogP contribution in [-0.4, -0.2) is 29.2 Å². The van der Waals surface area contributed by atoms with Crippen LogP contribution in [0.2, 0.25) is 0 Å². The Hall–Kier alpha value is -1.66. The first-order valence-electron chi connectivity index (χ1n) is 6.54. The van der Waals surface area contributed by atoms with Crippen molar-refractivity contribution >= 4 is 17.3 Å². The summed E-state index contributed by atoms with van der Waals surface area (Å²) < 4.78 is 19.2. The molecule has 3 rings (SSSR count). The summed E-state index contributed by atoms with van der Waals surface area (Å²) in [5, 5.41) is 4.71. The normalized spacial score (nSPS) is 21.1. The molecule has 1 aromatic rings. The highest BCUT2D eigenvalue weighted by Gasteiger charge is 2.33. The lowest BCUT2D eigenvalue weighted by Crippen LogP contribution is -2.44. The Balaban J connectivity index is 1.83. The van der Waals surface area contributed by atoms with Gasteiger partial charge in [-0.3, -0.25) is 0 Å². The largest absolute Gasteiger partial charge is 0.488 e. The van der Waals surface area contributed by atoms with E-state index in [0.29, 0.717) is 30.4 Å². The maximum absolute atomic E-state index is 13.6. The van der Waals surface area contributed by atoms with Gasteiger partial charge in [0.25, 0.3) is 0 Å². The molecule has 2 heterocycles. The number of hydrogen-bond acceptors (Lipinski definition) is 3. The van der Waals surface area contributed by atoms with Crippen LogP contribution >= 0.6 is 12.2 Å². The molecular formula is C14H15FN3OS. The zero-order valence-corrected chi connectivity index (χ0v) is 11.7. The molecule has 1 radical (unpaired) electrons. The molecule has 0 amide bonds. The summed E-state index contributed by atoms with van der Waals surface area (Å²) in [6, 6.07) is 5.03. The van der Waals surface area contributed by atoms with Crippen molar-refractivity contribution in [3.63, 3.8) is 0 Å². The summed E-state index contributed by atoms with van der Waals surface area (Å²) in [7, 11) is 0. The van der Waals surface area contributed by atoms with Crippen molar-refractivity contribution in [2.75, 3.05) is 13.2 Å². The number of fused-ring (bicyclic) bond motifs is 1. The van der Waals surface area contributed by atoms with Crippen LogP contribution < -0.4 is 15.8 Å². The highest BCUT2D eigenvalue weighted by atomic mass is 32.1. The zero-order chi connectivity index (χ0) is 14.1. The predicted molar refractivity (Wildman–Crippen MR) is 77.7 cm³/mol. The van der Waals surface area contributed by atoms with Gasteiger partial charge in [0, 0.05) is 24.7 Å². The van der Waals surface area contributed by atoms with E-state index in [9.17, 15) is 4.39 Å². The van der Waals surface area contributed by atoms with E-state index >= 15 is 0 Å². The van der Waals surface area contributed by atoms with Crippen LogP contribution in [0.3, 0.4) is 0 Å². The van der Waals surface area contributed by atoms with E-state index in [1.807, 2.05) is 11.0 Å². The molecule has 0 bridgehead atoms. The van der Waals surface area contributed by atoms with Gasteiger partial charge in [0.1, 0.15) is 6.61 Å². The summed E-state index contributed by atoms with van der Waals surface area (Å²) in [6.07, 6.45) is 3.16. The number of hydrogen-bond donors (Lipinski definition) is 1. The lowest BCUT2D eigenvalue weighted by molar-refractivity contribution is 0.189. The van der Waals surface area contributed by atoms with Gasteiger partial charge < -0.3 is 15.4 Å². The van der Waals surface area contributed by atoms with E-state index < -0.39 is 0 Å². The first-order chi connectivity index (χ1) is 9.70. The predicted octanol–water partition coefficient (Wildman–Crippen LogP) is 1.52. The zero-order valence-electron chi connectivity index (χ0n) is 10.9. The number of para-hydroxylation sites is 1. The lowest BCUT2D eigenvalue weighted by atomic mass is 10.0. The van der Waals surface area contributed by atoms with Gasteiger partial charge in [-0.05, 0) is 30.4 Å². The number of nitrogens with zero attached hydrogens (tertiary/aromatic N) is 2. The molecule has 0 spiro atoms. The fourth-order valence-corrected chi connectivity index (χ4v) is 2.95. The third-order valence-corrected chi connectivity index (χ3v) is 3.83. The van der Waals surface area contributed by atoms with Gasteiger partial charge in [-0.15, -0.1) is 0 Å². The Morgan fingerprint density at radius 1 is 1.50 bits per heavy atom. The molecule has 2 aliphatic rings. The molecule has 20 heavy (non-hydrogen) atoms. The van der Waals surface area contributed by atoms with Gasteiger partial charge in [-0.25, -0.2) is 9.71 Å². The first-order valence-corrected chi connectivity index (χ1v) is 6.95. The van der Waals surface area contributed by atoms with Crippen molar-refractivity contribution in [1.82, 2.24) is 10.2 Å². The van der Waals surface area contributed by atoms with Gasteiger partial charge in [0.15, 0.2) is 16.7 Å². The summed E-state index contributed by atoms with van der Waals surface area (Å²) in [5.41, 5.74) is 7.48. The summed E-state index contributed by atoms with van der Waals surface area (Å²) in [5.74, 6) is 0.0440. The number of rotatable bonds is 3. The van der Waals surface area contributed by atoms with Crippen LogP contribution in [0.5, 0.6) is 5.75 Å². The fourth-order valence-electron chi connectivity index (χ4n) is 2.63. The van der Waals surface area contributed by atoms with Crippen LogP contribution in [0.4, 0.5) is 4.39 Å². The monoisotopic (exact) mass is 292 g/mol. The van der Waals surface area contributed by atoms with Crippen molar-refractivity contribution in [1.29, 1.82) is 0 Å². The molecule has 0 saturated heterocycles. The average Bonchev–Trinajstić information content (AvgIpc) is 2.80. The standard InChI is InChI=1S/C14H15FN3OS/c15-12-3-1-2-9-6-11(8-19-13(9)12)18-10(4-5-16)7-17-14(18)20/h1-3,7,11H,4-6,8,16H2/t11-/m1/s1. The molecule has 0 unspecified atom stereocenters. The fraction of sp³-hybridized carbons (Fsp3) is 0.357. The quantitative estimate of drug-likeness (QED) is 0.858. The van der Waals surface area contributed by atoms with E-state index in [0.717, 1.165) is 17.7 Å². The topological polar surface area (TPSA) is 52.6 Å².